The highest BCUT2D eigenvalue weighted by atomic mass is 16.5. The summed E-state index contributed by atoms with van der Waals surface area (Å²) in [5, 5.41) is 2.97. The normalized spacial score (nSPS) is 19.9. The van der Waals surface area contributed by atoms with E-state index < -0.39 is 0 Å². The Kier molecular flexibility index (Phi) is 6.32. The van der Waals surface area contributed by atoms with Gasteiger partial charge < -0.3 is 24.6 Å². The molecule has 0 radical (unpaired) electrons. The first kappa shape index (κ1) is 19.7. The van der Waals surface area contributed by atoms with Crippen LogP contribution in [0.15, 0.2) is 48.5 Å². The molecule has 0 saturated carbocycles. The molecular formula is C23H30N3O3+. The van der Waals surface area contributed by atoms with E-state index in [1.807, 2.05) is 24.3 Å². The summed E-state index contributed by atoms with van der Waals surface area (Å²) in [6, 6.07) is 15.4. The zero-order valence-corrected chi connectivity index (χ0v) is 17.0. The summed E-state index contributed by atoms with van der Waals surface area (Å²) in [5.41, 5.74) is 2.63. The Hall–Kier alpha value is -2.57. The number of quaternary nitrogens is 1. The van der Waals surface area contributed by atoms with Gasteiger partial charge in [0.05, 0.1) is 39.3 Å². The fraction of sp³-hybridized carbons (Fsp3) is 0.435. The number of carbonyl (C=O) groups is 1. The number of piperazine rings is 1. The molecule has 0 bridgehead atoms. The second-order valence-corrected chi connectivity index (χ2v) is 7.92. The zero-order valence-electron chi connectivity index (χ0n) is 17.0. The molecular weight excluding hydrogens is 366 g/mol. The molecule has 4 rings (SSSR count). The molecule has 6 heteroatoms. The molecule has 1 atom stereocenters. The second kappa shape index (κ2) is 9.29. The van der Waals surface area contributed by atoms with E-state index in [4.69, 9.17) is 9.47 Å². The number of anilines is 2. The maximum atomic E-state index is 12.5. The van der Waals surface area contributed by atoms with Crippen molar-refractivity contribution in [3.8, 4) is 5.75 Å². The van der Waals surface area contributed by atoms with Crippen LogP contribution >= 0.6 is 0 Å². The van der Waals surface area contributed by atoms with Crippen molar-refractivity contribution in [1.29, 1.82) is 0 Å². The molecule has 1 amide bonds. The van der Waals surface area contributed by atoms with Gasteiger partial charge in [0, 0.05) is 23.5 Å². The van der Waals surface area contributed by atoms with Crippen molar-refractivity contribution in [3.63, 3.8) is 0 Å². The number of amides is 1. The Labute approximate surface area is 172 Å². The summed E-state index contributed by atoms with van der Waals surface area (Å²) < 4.78 is 11.3. The zero-order chi connectivity index (χ0) is 20.1. The van der Waals surface area contributed by atoms with Gasteiger partial charge in [0.15, 0.2) is 0 Å². The van der Waals surface area contributed by atoms with Crippen LogP contribution in [0.3, 0.4) is 0 Å². The first-order chi connectivity index (χ1) is 14.2. The number of hydrogen-bond donors (Lipinski definition) is 2. The highest BCUT2D eigenvalue weighted by Gasteiger charge is 2.17. The maximum Gasteiger partial charge on any atom is 0.255 e. The largest absolute Gasteiger partial charge is 0.491 e. The number of hydrogen-bond acceptors (Lipinski definition) is 4. The first-order valence-electron chi connectivity index (χ1n) is 10.5. The van der Waals surface area contributed by atoms with E-state index in [9.17, 15) is 4.79 Å². The van der Waals surface area contributed by atoms with E-state index in [1.54, 1.807) is 17.0 Å². The number of carbonyl (C=O) groups excluding carboxylic acids is 1. The van der Waals surface area contributed by atoms with Gasteiger partial charge >= 0.3 is 0 Å². The smallest absolute Gasteiger partial charge is 0.255 e. The predicted molar refractivity (Wildman–Crippen MR) is 114 cm³/mol. The van der Waals surface area contributed by atoms with Gasteiger partial charge in [-0.25, -0.2) is 0 Å². The van der Waals surface area contributed by atoms with Gasteiger partial charge in [0.25, 0.3) is 5.91 Å². The summed E-state index contributed by atoms with van der Waals surface area (Å²) in [7, 11) is 2.23. The molecule has 29 heavy (non-hydrogen) atoms. The minimum atomic E-state index is -0.119. The Balaban J connectivity index is 1.29. The molecule has 2 aliphatic rings. The van der Waals surface area contributed by atoms with E-state index >= 15 is 0 Å². The third-order valence-corrected chi connectivity index (χ3v) is 5.68. The number of likely N-dealkylation sites (N-methyl/N-ethyl adjacent to an activating group) is 1. The van der Waals surface area contributed by atoms with Crippen molar-refractivity contribution in [2.45, 2.75) is 18.9 Å². The standard InChI is InChI=1S/C23H29N3O3/c1-25-12-14-26(15-13-25)20-8-6-19(7-9-20)24-23(27)18-4-10-21(11-5-18)29-17-22-3-2-16-28-22/h4-11,22H,2-3,12-17H2,1H3,(H,24,27)/p+1/t22-/m1/s1. The van der Waals surface area contributed by atoms with Gasteiger partial charge in [-0.05, 0) is 61.4 Å². The van der Waals surface area contributed by atoms with Crippen molar-refractivity contribution >= 4 is 17.3 Å². The molecule has 6 nitrogen and oxygen atoms in total. The first-order valence-corrected chi connectivity index (χ1v) is 10.5. The Bertz CT molecular complexity index is 793. The molecule has 2 heterocycles. The second-order valence-electron chi connectivity index (χ2n) is 7.92. The lowest BCUT2D eigenvalue weighted by atomic mass is 10.2. The van der Waals surface area contributed by atoms with Crippen LogP contribution in [0.2, 0.25) is 0 Å². The van der Waals surface area contributed by atoms with Crippen LogP contribution in [0.4, 0.5) is 11.4 Å². The molecule has 0 aromatic heterocycles. The molecule has 2 saturated heterocycles. The van der Waals surface area contributed by atoms with Crippen molar-refractivity contribution in [1.82, 2.24) is 0 Å². The molecule has 0 aliphatic carbocycles. The third-order valence-electron chi connectivity index (χ3n) is 5.68. The van der Waals surface area contributed by atoms with Crippen molar-refractivity contribution in [2.75, 3.05) is 56.7 Å². The number of nitrogens with one attached hydrogen (secondary N) is 2. The van der Waals surface area contributed by atoms with Gasteiger partial charge in [-0.3, -0.25) is 4.79 Å². The summed E-state index contributed by atoms with van der Waals surface area (Å²) >= 11 is 0. The van der Waals surface area contributed by atoms with Crippen LogP contribution in [0.1, 0.15) is 23.2 Å². The average molecular weight is 397 g/mol. The highest BCUT2D eigenvalue weighted by molar-refractivity contribution is 6.04. The minimum absolute atomic E-state index is 0.119. The summed E-state index contributed by atoms with van der Waals surface area (Å²) in [6.07, 6.45) is 2.34. The lowest BCUT2D eigenvalue weighted by Crippen LogP contribution is -3.12. The van der Waals surface area contributed by atoms with Gasteiger partial charge in [-0.1, -0.05) is 0 Å². The number of rotatable bonds is 6. The van der Waals surface area contributed by atoms with E-state index in [1.165, 1.54) is 5.69 Å². The Morgan fingerprint density at radius 2 is 1.86 bits per heavy atom. The van der Waals surface area contributed by atoms with E-state index in [2.05, 4.69) is 29.4 Å². The molecule has 2 N–H and O–H groups in total. The number of ether oxygens (including phenoxy) is 2. The van der Waals surface area contributed by atoms with Crippen molar-refractivity contribution in [3.05, 3.63) is 54.1 Å². The van der Waals surface area contributed by atoms with Crippen molar-refractivity contribution in [2.24, 2.45) is 0 Å². The fourth-order valence-corrected chi connectivity index (χ4v) is 3.77. The van der Waals surface area contributed by atoms with Crippen LogP contribution < -0.4 is 19.9 Å². The van der Waals surface area contributed by atoms with Gasteiger partial charge in [-0.2, -0.15) is 0 Å². The molecule has 2 fully saturated rings. The Morgan fingerprint density at radius 1 is 1.14 bits per heavy atom. The number of nitrogens with zero attached hydrogens (tertiary/aromatic N) is 1. The van der Waals surface area contributed by atoms with Crippen LogP contribution in [-0.4, -0.2) is 58.5 Å². The Morgan fingerprint density at radius 3 is 2.52 bits per heavy atom. The van der Waals surface area contributed by atoms with Gasteiger partial charge in [-0.15, -0.1) is 0 Å². The SMILES string of the molecule is C[NH+]1CCN(c2ccc(NC(=O)c3ccc(OC[C@H]4CCCO4)cc3)cc2)CC1. The van der Waals surface area contributed by atoms with Crippen LogP contribution in [-0.2, 0) is 4.74 Å². The van der Waals surface area contributed by atoms with E-state index in [0.29, 0.717) is 12.2 Å². The topological polar surface area (TPSA) is 55.2 Å². The van der Waals surface area contributed by atoms with Crippen LogP contribution in [0.5, 0.6) is 5.75 Å². The van der Waals surface area contributed by atoms with E-state index in [-0.39, 0.29) is 12.0 Å². The molecule has 2 aromatic rings. The predicted octanol–water partition coefficient (Wildman–Crippen LogP) is 1.83. The summed E-state index contributed by atoms with van der Waals surface area (Å²) in [4.78, 5) is 16.5. The van der Waals surface area contributed by atoms with Crippen LogP contribution in [0, 0.1) is 0 Å². The quantitative estimate of drug-likeness (QED) is 0.782. The lowest BCUT2D eigenvalue weighted by Gasteiger charge is -2.31. The molecule has 0 unspecified atom stereocenters. The maximum absolute atomic E-state index is 12.5. The highest BCUT2D eigenvalue weighted by Crippen LogP contribution is 2.20. The monoisotopic (exact) mass is 396 g/mol. The molecule has 2 aromatic carbocycles. The van der Waals surface area contributed by atoms with Gasteiger partial charge in [0.1, 0.15) is 12.4 Å². The van der Waals surface area contributed by atoms with Crippen molar-refractivity contribution < 1.29 is 19.2 Å². The molecule has 154 valence electrons. The summed E-state index contributed by atoms with van der Waals surface area (Å²) in [5.74, 6) is 0.641. The molecule has 2 aliphatic heterocycles. The third kappa shape index (κ3) is 5.28. The molecule has 0 spiro atoms. The fourth-order valence-electron chi connectivity index (χ4n) is 3.77. The number of benzene rings is 2. The summed E-state index contributed by atoms with van der Waals surface area (Å²) in [6.45, 7) is 5.84. The minimum Gasteiger partial charge on any atom is -0.491 e. The van der Waals surface area contributed by atoms with E-state index in [0.717, 1.165) is 57.1 Å². The van der Waals surface area contributed by atoms with Gasteiger partial charge in [0.2, 0.25) is 0 Å². The van der Waals surface area contributed by atoms with Crippen LogP contribution in [0.25, 0.3) is 0 Å². The average Bonchev–Trinajstić information content (AvgIpc) is 3.27. The lowest BCUT2D eigenvalue weighted by molar-refractivity contribution is -0.880.